The molecule has 0 aromatic heterocycles. The smallest absolute Gasteiger partial charge is 0.320 e. The molecule has 0 fully saturated rings. The number of halogens is 1. The Morgan fingerprint density at radius 2 is 2.15 bits per heavy atom. The van der Waals surface area contributed by atoms with Crippen molar-refractivity contribution in [3.05, 3.63) is 35.1 Å². The van der Waals surface area contributed by atoms with Gasteiger partial charge in [-0.15, -0.1) is 0 Å². The van der Waals surface area contributed by atoms with Gasteiger partial charge < -0.3 is 5.11 Å². The molecule has 0 saturated heterocycles. The fourth-order valence-electron chi connectivity index (χ4n) is 1.59. The Morgan fingerprint density at radius 1 is 1.50 bits per heavy atom. The molecule has 0 aliphatic carbocycles. The molecule has 108 valence electrons. The van der Waals surface area contributed by atoms with E-state index in [4.69, 9.17) is 10.4 Å². The van der Waals surface area contributed by atoms with E-state index in [0.29, 0.717) is 0 Å². The first-order valence-electron chi connectivity index (χ1n) is 5.68. The second-order valence-corrected chi connectivity index (χ2v) is 5.96. The maximum atomic E-state index is 13.7. The van der Waals surface area contributed by atoms with Gasteiger partial charge in [0.15, 0.2) is 5.75 Å². The van der Waals surface area contributed by atoms with E-state index in [0.717, 1.165) is 10.4 Å². The zero-order valence-electron chi connectivity index (χ0n) is 10.7. The Kier molecular flexibility index (Phi) is 5.19. The van der Waals surface area contributed by atoms with Gasteiger partial charge in [0.2, 0.25) is 10.0 Å². The molecule has 1 N–H and O–H groups in total. The van der Waals surface area contributed by atoms with Gasteiger partial charge in [-0.2, -0.15) is 9.57 Å². The normalized spacial score (nSPS) is 11.3. The fraction of sp³-hybridized carbons (Fsp3) is 0.333. The molecule has 6 nitrogen and oxygen atoms in total. The van der Waals surface area contributed by atoms with Crippen LogP contribution in [-0.4, -0.2) is 36.1 Å². The fourth-order valence-corrected chi connectivity index (χ4v) is 2.81. The number of hydrogen-bond donors (Lipinski definition) is 1. The molecule has 0 aliphatic rings. The van der Waals surface area contributed by atoms with Crippen molar-refractivity contribution in [2.75, 3.05) is 12.3 Å². The van der Waals surface area contributed by atoms with Crippen LogP contribution in [0.1, 0.15) is 18.1 Å². The Morgan fingerprint density at radius 3 is 2.60 bits per heavy atom. The Balaban J connectivity index is 3.00. The van der Waals surface area contributed by atoms with E-state index in [2.05, 4.69) is 0 Å². The summed E-state index contributed by atoms with van der Waals surface area (Å²) in [4.78, 5) is 10.5. The van der Waals surface area contributed by atoms with Crippen LogP contribution < -0.4 is 0 Å². The number of carbonyl (C=O) groups is 1. The van der Waals surface area contributed by atoms with Gasteiger partial charge in [0.25, 0.3) is 0 Å². The number of carboxylic acids is 1. The highest BCUT2D eigenvalue weighted by atomic mass is 32.2. The lowest BCUT2D eigenvalue weighted by Crippen LogP contribution is -2.35. The van der Waals surface area contributed by atoms with Gasteiger partial charge in [-0.25, -0.2) is 12.8 Å². The van der Waals surface area contributed by atoms with Crippen molar-refractivity contribution in [3.8, 4) is 6.07 Å². The number of benzene rings is 1. The monoisotopic (exact) mass is 300 g/mol. The summed E-state index contributed by atoms with van der Waals surface area (Å²) in [6.45, 7) is 1.28. The van der Waals surface area contributed by atoms with E-state index in [-0.39, 0.29) is 24.2 Å². The number of nitriles is 1. The molecular formula is C12H13FN2O4S. The van der Waals surface area contributed by atoms with Crippen LogP contribution in [0.15, 0.2) is 18.2 Å². The minimum atomic E-state index is -4.00. The molecule has 0 radical (unpaired) electrons. The van der Waals surface area contributed by atoms with Crippen LogP contribution in [-0.2, 0) is 21.4 Å². The van der Waals surface area contributed by atoms with E-state index in [1.807, 2.05) is 0 Å². The van der Waals surface area contributed by atoms with Crippen LogP contribution in [0.3, 0.4) is 0 Å². The van der Waals surface area contributed by atoms with Gasteiger partial charge in [0.05, 0.1) is 11.6 Å². The molecule has 8 heteroatoms. The van der Waals surface area contributed by atoms with E-state index < -0.39 is 27.6 Å². The van der Waals surface area contributed by atoms with Crippen LogP contribution in [0.5, 0.6) is 0 Å². The molecule has 1 rings (SSSR count). The molecule has 0 bridgehead atoms. The highest BCUT2D eigenvalue weighted by molar-refractivity contribution is 7.89. The Hall–Kier alpha value is -1.98. The third kappa shape index (κ3) is 4.01. The first-order chi connectivity index (χ1) is 9.30. The summed E-state index contributed by atoms with van der Waals surface area (Å²) in [7, 11) is -4.00. The number of nitrogens with zero attached hydrogens (tertiary/aromatic N) is 2. The number of carboxylic acid groups (broad SMARTS) is 1. The molecule has 0 saturated carbocycles. The molecular weight excluding hydrogens is 287 g/mol. The third-order valence-electron chi connectivity index (χ3n) is 2.58. The lowest BCUT2D eigenvalue weighted by atomic mass is 10.1. The van der Waals surface area contributed by atoms with Gasteiger partial charge in [-0.1, -0.05) is 13.0 Å². The number of hydrogen-bond acceptors (Lipinski definition) is 4. The van der Waals surface area contributed by atoms with Crippen LogP contribution in [0.25, 0.3) is 0 Å². The molecule has 1 aromatic carbocycles. The minimum Gasteiger partial charge on any atom is -0.480 e. The summed E-state index contributed by atoms with van der Waals surface area (Å²) in [6.07, 6.45) is 0. The third-order valence-corrected chi connectivity index (χ3v) is 4.37. The van der Waals surface area contributed by atoms with Gasteiger partial charge in [-0.3, -0.25) is 4.79 Å². The van der Waals surface area contributed by atoms with Crippen LogP contribution in [0, 0.1) is 17.1 Å². The Bertz CT molecular complexity index is 652. The number of rotatable bonds is 6. The second kappa shape index (κ2) is 6.45. The van der Waals surface area contributed by atoms with Crippen molar-refractivity contribution in [2.45, 2.75) is 13.5 Å². The molecule has 0 spiro atoms. The maximum Gasteiger partial charge on any atom is 0.320 e. The van der Waals surface area contributed by atoms with Crippen molar-refractivity contribution in [1.29, 1.82) is 5.26 Å². The average molecular weight is 300 g/mol. The van der Waals surface area contributed by atoms with Crippen molar-refractivity contribution in [2.24, 2.45) is 0 Å². The van der Waals surface area contributed by atoms with Gasteiger partial charge in [0, 0.05) is 18.7 Å². The summed E-state index contributed by atoms with van der Waals surface area (Å²) >= 11 is 0. The predicted molar refractivity (Wildman–Crippen MR) is 68.6 cm³/mol. The molecule has 0 heterocycles. The molecule has 0 aliphatic heterocycles. The maximum absolute atomic E-state index is 13.7. The average Bonchev–Trinajstić information content (AvgIpc) is 2.35. The molecule has 0 amide bonds. The first kappa shape index (κ1) is 16.1. The van der Waals surface area contributed by atoms with Crippen molar-refractivity contribution in [3.63, 3.8) is 0 Å². The van der Waals surface area contributed by atoms with Crippen molar-refractivity contribution >= 4 is 16.0 Å². The molecule has 20 heavy (non-hydrogen) atoms. The van der Waals surface area contributed by atoms with Crippen LogP contribution >= 0.6 is 0 Å². The summed E-state index contributed by atoms with van der Waals surface area (Å²) < 4.78 is 38.1. The number of sulfonamides is 1. The topological polar surface area (TPSA) is 98.5 Å². The number of aliphatic carboxylic acids is 1. The zero-order chi connectivity index (χ0) is 15.3. The highest BCUT2D eigenvalue weighted by Gasteiger charge is 2.24. The van der Waals surface area contributed by atoms with Crippen molar-refractivity contribution in [1.82, 2.24) is 4.31 Å². The van der Waals surface area contributed by atoms with E-state index in [1.165, 1.54) is 19.1 Å². The SMILES string of the molecule is CCN(Cc1ccc(C#N)cc1F)S(=O)(=O)CC(=O)O. The van der Waals surface area contributed by atoms with Gasteiger partial charge >= 0.3 is 5.97 Å². The summed E-state index contributed by atoms with van der Waals surface area (Å²) in [5, 5.41) is 17.2. The zero-order valence-corrected chi connectivity index (χ0v) is 11.5. The largest absolute Gasteiger partial charge is 0.480 e. The molecule has 1 aromatic rings. The van der Waals surface area contributed by atoms with Crippen molar-refractivity contribution < 1.29 is 22.7 Å². The lowest BCUT2D eigenvalue weighted by molar-refractivity contribution is -0.134. The quantitative estimate of drug-likeness (QED) is 0.842. The minimum absolute atomic E-state index is 0.0229. The second-order valence-electron chi connectivity index (χ2n) is 3.99. The summed E-state index contributed by atoms with van der Waals surface area (Å²) in [6, 6.07) is 5.46. The summed E-state index contributed by atoms with van der Waals surface area (Å²) in [5.74, 6) is -3.21. The highest BCUT2D eigenvalue weighted by Crippen LogP contribution is 2.15. The first-order valence-corrected chi connectivity index (χ1v) is 7.29. The van der Waals surface area contributed by atoms with Crippen LogP contribution in [0.2, 0.25) is 0 Å². The standard InChI is InChI=1S/C12H13FN2O4S/c1-2-15(20(18,19)8-12(16)17)7-10-4-3-9(6-14)5-11(10)13/h3-5H,2,7-8H2,1H3,(H,16,17). The molecule has 0 unspecified atom stereocenters. The van der Waals surface area contributed by atoms with E-state index in [9.17, 15) is 17.6 Å². The lowest BCUT2D eigenvalue weighted by Gasteiger charge is -2.19. The van der Waals surface area contributed by atoms with Gasteiger partial charge in [0.1, 0.15) is 5.82 Å². The Labute approximate surface area is 116 Å². The summed E-state index contributed by atoms with van der Waals surface area (Å²) in [5.41, 5.74) is 0.211. The predicted octanol–water partition coefficient (Wildman–Crippen LogP) is 0.934. The van der Waals surface area contributed by atoms with E-state index >= 15 is 0 Å². The van der Waals surface area contributed by atoms with Gasteiger partial charge in [-0.05, 0) is 12.1 Å². The van der Waals surface area contributed by atoms with Crippen LogP contribution in [0.4, 0.5) is 4.39 Å². The molecule has 0 atom stereocenters. The van der Waals surface area contributed by atoms with E-state index in [1.54, 1.807) is 6.07 Å².